The summed E-state index contributed by atoms with van der Waals surface area (Å²) < 4.78 is 40.3. The Labute approximate surface area is 202 Å². The zero-order valence-electron chi connectivity index (χ0n) is 18.8. The molecule has 0 bridgehead atoms. The predicted octanol–water partition coefficient (Wildman–Crippen LogP) is 4.42. The van der Waals surface area contributed by atoms with Gasteiger partial charge >= 0.3 is 0 Å². The van der Waals surface area contributed by atoms with Crippen LogP contribution in [0.15, 0.2) is 86.6 Å². The Morgan fingerprint density at radius 1 is 1.00 bits per heavy atom. The van der Waals surface area contributed by atoms with Crippen molar-refractivity contribution in [3.8, 4) is 11.3 Å². The molecular formula is C25H25N3O4S2. The molecule has 0 amide bonds. The highest BCUT2D eigenvalue weighted by Gasteiger charge is 2.26. The van der Waals surface area contributed by atoms with Crippen LogP contribution in [0, 0.1) is 6.92 Å². The van der Waals surface area contributed by atoms with Crippen LogP contribution in [-0.2, 0) is 21.3 Å². The number of furan rings is 1. The van der Waals surface area contributed by atoms with Crippen molar-refractivity contribution in [2.75, 3.05) is 26.3 Å². The molecule has 1 aliphatic heterocycles. The van der Waals surface area contributed by atoms with Gasteiger partial charge in [-0.1, -0.05) is 29.8 Å². The molecule has 7 nitrogen and oxygen atoms in total. The maximum absolute atomic E-state index is 12.9. The van der Waals surface area contributed by atoms with Crippen LogP contribution in [0.4, 0.5) is 5.69 Å². The first kappa shape index (κ1) is 22.8. The normalized spacial score (nSPS) is 15.6. The molecular weight excluding hydrogens is 470 g/mol. The van der Waals surface area contributed by atoms with Crippen LogP contribution in [0.2, 0.25) is 0 Å². The third-order valence-corrected chi connectivity index (χ3v) is 8.48. The second kappa shape index (κ2) is 9.71. The minimum absolute atomic E-state index is 0.267. The van der Waals surface area contributed by atoms with Gasteiger partial charge in [-0.15, -0.1) is 11.3 Å². The molecule has 1 fully saturated rings. The molecule has 2 aromatic heterocycles. The van der Waals surface area contributed by atoms with Crippen molar-refractivity contribution in [3.05, 3.63) is 88.4 Å². The number of hydrogen-bond acceptors (Lipinski definition) is 6. The molecule has 0 saturated carbocycles. The lowest BCUT2D eigenvalue weighted by atomic mass is 10.1. The van der Waals surface area contributed by atoms with E-state index in [1.807, 2.05) is 12.1 Å². The summed E-state index contributed by atoms with van der Waals surface area (Å²) in [5.74, 6) is 0.833. The first-order valence-corrected chi connectivity index (χ1v) is 13.3. The zero-order valence-corrected chi connectivity index (χ0v) is 20.4. The summed E-state index contributed by atoms with van der Waals surface area (Å²) in [6.45, 7) is 4.20. The lowest BCUT2D eigenvalue weighted by Crippen LogP contribution is -2.40. The highest BCUT2D eigenvalue weighted by molar-refractivity contribution is 7.89. The minimum Gasteiger partial charge on any atom is -0.467 e. The Balaban J connectivity index is 1.50. The van der Waals surface area contributed by atoms with Crippen LogP contribution in [0.3, 0.4) is 0 Å². The third-order valence-electron chi connectivity index (χ3n) is 5.71. The standard InChI is InChI=1S/C25H25N3O4S2/c1-19-4-6-20(7-5-19)24-18-33-25(28(24)17-22-3-2-14-32-22)26-21-8-10-23(11-9-21)34(29,30)27-12-15-31-16-13-27/h2-11,14,18H,12-13,15-17H2,1H3. The fraction of sp³-hybridized carbons (Fsp3) is 0.240. The molecule has 34 heavy (non-hydrogen) atoms. The van der Waals surface area contributed by atoms with Gasteiger partial charge in [0.05, 0.1) is 42.3 Å². The number of rotatable bonds is 6. The van der Waals surface area contributed by atoms with Crippen molar-refractivity contribution in [2.45, 2.75) is 18.4 Å². The summed E-state index contributed by atoms with van der Waals surface area (Å²) in [5, 5.41) is 2.09. The molecule has 0 radical (unpaired) electrons. The average Bonchev–Trinajstić information content (AvgIpc) is 3.51. The van der Waals surface area contributed by atoms with E-state index in [4.69, 9.17) is 14.1 Å². The van der Waals surface area contributed by atoms with E-state index in [-0.39, 0.29) is 4.90 Å². The Kier molecular flexibility index (Phi) is 6.51. The fourth-order valence-corrected chi connectivity index (χ4v) is 6.16. The molecule has 3 heterocycles. The molecule has 0 unspecified atom stereocenters. The highest BCUT2D eigenvalue weighted by Crippen LogP contribution is 2.24. The topological polar surface area (TPSA) is 77.0 Å². The van der Waals surface area contributed by atoms with Crippen LogP contribution >= 0.6 is 11.3 Å². The highest BCUT2D eigenvalue weighted by atomic mass is 32.2. The smallest absolute Gasteiger partial charge is 0.243 e. The van der Waals surface area contributed by atoms with Gasteiger partial charge in [-0.05, 0) is 48.9 Å². The Hall–Kier alpha value is -2.98. The van der Waals surface area contributed by atoms with Gasteiger partial charge in [0.25, 0.3) is 0 Å². The minimum atomic E-state index is -3.53. The Morgan fingerprint density at radius 3 is 2.41 bits per heavy atom. The van der Waals surface area contributed by atoms with E-state index in [9.17, 15) is 8.42 Å². The quantitative estimate of drug-likeness (QED) is 0.397. The molecule has 0 N–H and O–H groups in total. The third kappa shape index (κ3) is 4.78. The summed E-state index contributed by atoms with van der Waals surface area (Å²) in [7, 11) is -3.53. The largest absolute Gasteiger partial charge is 0.467 e. The summed E-state index contributed by atoms with van der Waals surface area (Å²) in [5.41, 5.74) is 4.04. The van der Waals surface area contributed by atoms with E-state index in [1.165, 1.54) is 21.2 Å². The number of sulfonamides is 1. The van der Waals surface area contributed by atoms with Gasteiger partial charge in [-0.2, -0.15) is 4.31 Å². The molecule has 1 aliphatic rings. The molecule has 2 aromatic carbocycles. The van der Waals surface area contributed by atoms with E-state index in [2.05, 4.69) is 41.1 Å². The van der Waals surface area contributed by atoms with Crippen LogP contribution in [0.25, 0.3) is 11.3 Å². The van der Waals surface area contributed by atoms with Crippen molar-refractivity contribution in [1.29, 1.82) is 0 Å². The van der Waals surface area contributed by atoms with Crippen molar-refractivity contribution >= 4 is 27.0 Å². The van der Waals surface area contributed by atoms with Crippen LogP contribution in [0.1, 0.15) is 11.3 Å². The predicted molar refractivity (Wildman–Crippen MR) is 132 cm³/mol. The number of benzene rings is 2. The Morgan fingerprint density at radius 2 is 1.74 bits per heavy atom. The van der Waals surface area contributed by atoms with Gasteiger partial charge in [0, 0.05) is 18.5 Å². The van der Waals surface area contributed by atoms with E-state index in [0.29, 0.717) is 38.5 Å². The van der Waals surface area contributed by atoms with E-state index in [0.717, 1.165) is 21.8 Å². The maximum atomic E-state index is 12.9. The first-order valence-electron chi connectivity index (χ1n) is 11.0. The summed E-state index contributed by atoms with van der Waals surface area (Å²) in [6, 6.07) is 18.9. The van der Waals surface area contributed by atoms with Gasteiger partial charge in [-0.3, -0.25) is 0 Å². The van der Waals surface area contributed by atoms with Gasteiger partial charge in [0.1, 0.15) is 5.76 Å². The number of ether oxygens (including phenoxy) is 1. The molecule has 0 atom stereocenters. The number of thiazole rings is 1. The molecule has 5 rings (SSSR count). The van der Waals surface area contributed by atoms with Gasteiger partial charge < -0.3 is 13.7 Å². The molecule has 1 saturated heterocycles. The fourth-order valence-electron chi connectivity index (χ4n) is 3.82. The Bertz CT molecular complexity index is 1410. The van der Waals surface area contributed by atoms with Crippen LogP contribution < -0.4 is 4.80 Å². The van der Waals surface area contributed by atoms with Crippen LogP contribution in [-0.4, -0.2) is 43.6 Å². The van der Waals surface area contributed by atoms with Crippen molar-refractivity contribution in [2.24, 2.45) is 4.99 Å². The summed E-state index contributed by atoms with van der Waals surface area (Å²) >= 11 is 1.54. The summed E-state index contributed by atoms with van der Waals surface area (Å²) in [4.78, 5) is 5.90. The zero-order chi connectivity index (χ0) is 23.5. The lowest BCUT2D eigenvalue weighted by molar-refractivity contribution is 0.0730. The SMILES string of the molecule is Cc1ccc(-c2csc(=Nc3ccc(S(=O)(=O)N4CCOCC4)cc3)n2Cc2ccco2)cc1. The number of aromatic nitrogens is 1. The average molecular weight is 496 g/mol. The van der Waals surface area contributed by atoms with Crippen LogP contribution in [0.5, 0.6) is 0 Å². The van der Waals surface area contributed by atoms with Crippen molar-refractivity contribution in [1.82, 2.24) is 8.87 Å². The number of aryl methyl sites for hydroxylation is 1. The second-order valence-corrected chi connectivity index (χ2v) is 10.8. The van der Waals surface area contributed by atoms with E-state index in [1.54, 1.807) is 30.5 Å². The van der Waals surface area contributed by atoms with Gasteiger partial charge in [0.15, 0.2) is 4.80 Å². The maximum Gasteiger partial charge on any atom is 0.243 e. The molecule has 0 spiro atoms. The molecule has 9 heteroatoms. The molecule has 4 aromatic rings. The number of morpholine rings is 1. The second-order valence-electron chi connectivity index (χ2n) is 8.06. The van der Waals surface area contributed by atoms with Crippen molar-refractivity contribution < 1.29 is 17.6 Å². The van der Waals surface area contributed by atoms with Gasteiger partial charge in [-0.25, -0.2) is 13.4 Å². The van der Waals surface area contributed by atoms with Gasteiger partial charge in [0.2, 0.25) is 10.0 Å². The van der Waals surface area contributed by atoms with Crippen molar-refractivity contribution in [3.63, 3.8) is 0 Å². The lowest BCUT2D eigenvalue weighted by Gasteiger charge is -2.26. The molecule has 0 aliphatic carbocycles. The monoisotopic (exact) mass is 495 g/mol. The molecule has 176 valence electrons. The number of nitrogens with zero attached hydrogens (tertiary/aromatic N) is 3. The van der Waals surface area contributed by atoms with E-state index < -0.39 is 10.0 Å². The first-order chi connectivity index (χ1) is 16.5. The number of hydrogen-bond donors (Lipinski definition) is 0. The summed E-state index contributed by atoms with van der Waals surface area (Å²) in [6.07, 6.45) is 1.66. The van der Waals surface area contributed by atoms with E-state index >= 15 is 0 Å².